The fourth-order valence-electron chi connectivity index (χ4n) is 1.57. The van der Waals surface area contributed by atoms with E-state index in [1.807, 2.05) is 32.0 Å². The largest absolute Gasteiger partial charge is 0.308 e. The fraction of sp³-hybridized carbons (Fsp3) is 0.231. The average molecular weight is 339 g/mol. The van der Waals surface area contributed by atoms with E-state index in [-0.39, 0.29) is 0 Å². The van der Waals surface area contributed by atoms with Crippen LogP contribution in [0.3, 0.4) is 0 Å². The molecule has 0 radical (unpaired) electrons. The van der Waals surface area contributed by atoms with Gasteiger partial charge in [-0.25, -0.2) is 15.8 Å². The van der Waals surface area contributed by atoms with Gasteiger partial charge in [0.25, 0.3) is 0 Å². The van der Waals surface area contributed by atoms with Crippen LogP contribution in [0.5, 0.6) is 0 Å². The van der Waals surface area contributed by atoms with E-state index in [0.29, 0.717) is 5.82 Å². The SMILES string of the molecule is CCc1nc(NN)c(C)c(Sc2ccccc2Br)n1. The van der Waals surface area contributed by atoms with Crippen LogP contribution in [0.25, 0.3) is 0 Å². The zero-order chi connectivity index (χ0) is 13.8. The van der Waals surface area contributed by atoms with Crippen molar-refractivity contribution in [3.05, 3.63) is 40.1 Å². The lowest BCUT2D eigenvalue weighted by atomic mass is 10.3. The van der Waals surface area contributed by atoms with E-state index in [1.54, 1.807) is 11.8 Å². The number of hydrogen-bond donors (Lipinski definition) is 2. The summed E-state index contributed by atoms with van der Waals surface area (Å²) in [5, 5.41) is 0.923. The van der Waals surface area contributed by atoms with Gasteiger partial charge in [0.2, 0.25) is 0 Å². The predicted molar refractivity (Wildman–Crippen MR) is 82.2 cm³/mol. The Morgan fingerprint density at radius 3 is 2.68 bits per heavy atom. The second-order valence-electron chi connectivity index (χ2n) is 3.95. The van der Waals surface area contributed by atoms with Gasteiger partial charge in [-0.05, 0) is 35.0 Å². The minimum absolute atomic E-state index is 0.682. The molecule has 0 bridgehead atoms. The summed E-state index contributed by atoms with van der Waals surface area (Å²) in [7, 11) is 0. The molecule has 4 nitrogen and oxygen atoms in total. The van der Waals surface area contributed by atoms with Crippen LogP contribution in [-0.2, 0) is 6.42 Å². The van der Waals surface area contributed by atoms with Crippen molar-refractivity contribution in [2.24, 2.45) is 5.84 Å². The highest BCUT2D eigenvalue weighted by Crippen LogP contribution is 2.35. The first-order valence-electron chi connectivity index (χ1n) is 5.92. The lowest BCUT2D eigenvalue weighted by Crippen LogP contribution is -2.13. The predicted octanol–water partition coefficient (Wildman–Crippen LogP) is 3.55. The number of hydrazine groups is 1. The normalized spacial score (nSPS) is 10.5. The van der Waals surface area contributed by atoms with Crippen LogP contribution in [0.4, 0.5) is 5.82 Å². The topological polar surface area (TPSA) is 63.8 Å². The van der Waals surface area contributed by atoms with Gasteiger partial charge in [0.15, 0.2) is 0 Å². The van der Waals surface area contributed by atoms with Gasteiger partial charge in [-0.1, -0.05) is 30.8 Å². The van der Waals surface area contributed by atoms with Crippen molar-refractivity contribution in [3.63, 3.8) is 0 Å². The number of nitrogen functional groups attached to an aromatic ring is 1. The summed E-state index contributed by atoms with van der Waals surface area (Å²) in [6.45, 7) is 3.99. The maximum absolute atomic E-state index is 5.51. The molecule has 100 valence electrons. The van der Waals surface area contributed by atoms with Crippen molar-refractivity contribution in [1.29, 1.82) is 0 Å². The first kappa shape index (κ1) is 14.3. The van der Waals surface area contributed by atoms with Gasteiger partial charge in [0.05, 0.1) is 0 Å². The van der Waals surface area contributed by atoms with Gasteiger partial charge >= 0.3 is 0 Å². The standard InChI is InChI=1S/C13H15BrN4S/c1-3-11-16-12(18-15)8(2)13(17-11)19-10-7-5-4-6-9(10)14/h4-7H,3,15H2,1-2H3,(H,16,17,18). The summed E-state index contributed by atoms with van der Waals surface area (Å²) in [6, 6.07) is 8.07. The molecule has 0 spiro atoms. The second kappa shape index (κ2) is 6.36. The number of hydrogen-bond acceptors (Lipinski definition) is 5. The molecule has 0 aliphatic carbocycles. The Bertz CT molecular complexity index is 589. The van der Waals surface area contributed by atoms with Gasteiger partial charge in [0.1, 0.15) is 16.7 Å². The molecule has 0 amide bonds. The van der Waals surface area contributed by atoms with Crippen LogP contribution in [-0.4, -0.2) is 9.97 Å². The number of rotatable bonds is 4. The molecule has 19 heavy (non-hydrogen) atoms. The zero-order valence-corrected chi connectivity index (χ0v) is 13.2. The third-order valence-corrected chi connectivity index (χ3v) is 4.76. The van der Waals surface area contributed by atoms with Crippen LogP contribution in [0, 0.1) is 6.92 Å². The Morgan fingerprint density at radius 1 is 1.32 bits per heavy atom. The molecule has 0 fully saturated rings. The van der Waals surface area contributed by atoms with Gasteiger partial charge < -0.3 is 5.43 Å². The molecule has 0 atom stereocenters. The number of aromatic nitrogens is 2. The second-order valence-corrected chi connectivity index (χ2v) is 5.83. The Hall–Kier alpha value is -1.11. The van der Waals surface area contributed by atoms with Crippen LogP contribution in [0.1, 0.15) is 18.3 Å². The summed E-state index contributed by atoms with van der Waals surface area (Å²) in [4.78, 5) is 10.1. The molecule has 1 heterocycles. The number of benzene rings is 1. The smallest absolute Gasteiger partial charge is 0.147 e. The lowest BCUT2D eigenvalue weighted by Gasteiger charge is -2.11. The van der Waals surface area contributed by atoms with Gasteiger partial charge in [0, 0.05) is 21.4 Å². The minimum Gasteiger partial charge on any atom is -0.308 e. The Balaban J connectivity index is 2.42. The van der Waals surface area contributed by atoms with E-state index in [0.717, 1.165) is 32.2 Å². The van der Waals surface area contributed by atoms with E-state index >= 15 is 0 Å². The number of nitrogens with two attached hydrogens (primary N) is 1. The summed E-state index contributed by atoms with van der Waals surface area (Å²) >= 11 is 5.15. The summed E-state index contributed by atoms with van der Waals surface area (Å²) in [5.74, 6) is 6.97. The molecule has 0 saturated heterocycles. The van der Waals surface area contributed by atoms with E-state index in [9.17, 15) is 0 Å². The first-order chi connectivity index (χ1) is 9.15. The first-order valence-corrected chi connectivity index (χ1v) is 7.53. The van der Waals surface area contributed by atoms with Crippen molar-refractivity contribution in [2.45, 2.75) is 30.2 Å². The highest BCUT2D eigenvalue weighted by Gasteiger charge is 2.12. The summed E-state index contributed by atoms with van der Waals surface area (Å²) in [6.07, 6.45) is 0.776. The highest BCUT2D eigenvalue weighted by atomic mass is 79.9. The van der Waals surface area contributed by atoms with E-state index in [4.69, 9.17) is 5.84 Å². The maximum Gasteiger partial charge on any atom is 0.147 e. The van der Waals surface area contributed by atoms with Crippen molar-refractivity contribution >= 4 is 33.5 Å². The van der Waals surface area contributed by atoms with E-state index in [1.165, 1.54) is 0 Å². The number of nitrogens with zero attached hydrogens (tertiary/aromatic N) is 2. The van der Waals surface area contributed by atoms with Gasteiger partial charge in [-0.2, -0.15) is 0 Å². The molecule has 6 heteroatoms. The molecule has 2 aromatic rings. The summed E-state index contributed by atoms with van der Waals surface area (Å²) < 4.78 is 1.05. The van der Waals surface area contributed by atoms with Crippen molar-refractivity contribution < 1.29 is 0 Å². The van der Waals surface area contributed by atoms with Crippen LogP contribution < -0.4 is 11.3 Å². The Labute approximate surface area is 125 Å². The Kier molecular flexibility index (Phi) is 4.79. The van der Waals surface area contributed by atoms with Crippen molar-refractivity contribution in [3.8, 4) is 0 Å². The molecule has 3 N–H and O–H groups in total. The fourth-order valence-corrected chi connectivity index (χ4v) is 3.02. The average Bonchev–Trinajstić information content (AvgIpc) is 2.43. The third kappa shape index (κ3) is 3.26. The quantitative estimate of drug-likeness (QED) is 0.507. The molecular formula is C13H15BrN4S. The van der Waals surface area contributed by atoms with Crippen LogP contribution in [0.15, 0.2) is 38.7 Å². The number of halogens is 1. The molecule has 0 aliphatic heterocycles. The van der Waals surface area contributed by atoms with Crippen LogP contribution >= 0.6 is 27.7 Å². The monoisotopic (exact) mass is 338 g/mol. The minimum atomic E-state index is 0.682. The zero-order valence-electron chi connectivity index (χ0n) is 10.8. The van der Waals surface area contributed by atoms with Gasteiger partial charge in [-0.3, -0.25) is 0 Å². The lowest BCUT2D eigenvalue weighted by molar-refractivity contribution is 0.871. The van der Waals surface area contributed by atoms with Crippen LogP contribution in [0.2, 0.25) is 0 Å². The highest BCUT2D eigenvalue weighted by molar-refractivity contribution is 9.10. The molecule has 2 rings (SSSR count). The number of nitrogens with one attached hydrogen (secondary N) is 1. The summed E-state index contributed by atoms with van der Waals surface area (Å²) in [5.41, 5.74) is 3.59. The number of aryl methyl sites for hydroxylation is 1. The molecule has 1 aromatic carbocycles. The molecule has 1 aromatic heterocycles. The van der Waals surface area contributed by atoms with E-state index < -0.39 is 0 Å². The van der Waals surface area contributed by atoms with Crippen molar-refractivity contribution in [1.82, 2.24) is 9.97 Å². The van der Waals surface area contributed by atoms with Gasteiger partial charge in [-0.15, -0.1) is 0 Å². The third-order valence-electron chi connectivity index (χ3n) is 2.64. The molecule has 0 aliphatic rings. The van der Waals surface area contributed by atoms with E-state index in [2.05, 4.69) is 37.4 Å². The molecule has 0 unspecified atom stereocenters. The molecular weight excluding hydrogens is 324 g/mol. The maximum atomic E-state index is 5.51. The molecule has 0 saturated carbocycles. The van der Waals surface area contributed by atoms with Crippen molar-refractivity contribution in [2.75, 3.05) is 5.43 Å². The number of anilines is 1. The Morgan fingerprint density at radius 2 is 2.05 bits per heavy atom.